The van der Waals surface area contributed by atoms with Crippen LogP contribution < -0.4 is 11.6 Å². The Morgan fingerprint density at radius 1 is 1.24 bits per heavy atom. The predicted octanol–water partition coefficient (Wildman–Crippen LogP) is -0.371. The van der Waals surface area contributed by atoms with E-state index in [0.29, 0.717) is 19.0 Å². The Morgan fingerprint density at radius 2 is 1.62 bits per heavy atom. The topological polar surface area (TPSA) is 145 Å². The van der Waals surface area contributed by atoms with E-state index in [1.54, 1.807) is 25.9 Å². The van der Waals surface area contributed by atoms with E-state index in [4.69, 9.17) is 26.6 Å². The summed E-state index contributed by atoms with van der Waals surface area (Å²) in [5, 5.41) is 17.1. The van der Waals surface area contributed by atoms with Crippen LogP contribution in [0.2, 0.25) is 0 Å². The van der Waals surface area contributed by atoms with Crippen LogP contribution in [-0.2, 0) is 9.59 Å². The highest BCUT2D eigenvalue weighted by Crippen LogP contribution is 1.88. The van der Waals surface area contributed by atoms with Gasteiger partial charge in [-0.25, -0.2) is 5.84 Å². The molecule has 9 nitrogen and oxygen atoms in total. The van der Waals surface area contributed by atoms with Crippen molar-refractivity contribution in [2.45, 2.75) is 33.7 Å². The SMILES string of the molecule is CC(=O)O.CC(C(=O)O)N(C)C.CCN=C(N)N(N)CC. The minimum atomic E-state index is -0.833. The average Bonchev–Trinajstić information content (AvgIpc) is 2.36. The van der Waals surface area contributed by atoms with Gasteiger partial charge in [-0.05, 0) is 34.9 Å². The lowest BCUT2D eigenvalue weighted by molar-refractivity contribution is -0.141. The first-order valence-corrected chi connectivity index (χ1v) is 6.41. The molecule has 0 spiro atoms. The molecule has 0 radical (unpaired) electrons. The van der Waals surface area contributed by atoms with Gasteiger partial charge in [0.1, 0.15) is 6.04 Å². The number of likely N-dealkylation sites (N-methyl/N-ethyl adjacent to an activating group) is 1. The minimum absolute atomic E-state index is 0.380. The molecule has 6 N–H and O–H groups in total. The summed E-state index contributed by atoms with van der Waals surface area (Å²) in [4.78, 5) is 24.6. The Hall–Kier alpha value is -1.87. The van der Waals surface area contributed by atoms with Crippen LogP contribution in [0.5, 0.6) is 0 Å². The molecule has 126 valence electrons. The summed E-state index contributed by atoms with van der Waals surface area (Å²) in [5.41, 5.74) is 5.39. The molecular formula is C12H29N5O4. The monoisotopic (exact) mass is 307 g/mol. The van der Waals surface area contributed by atoms with E-state index in [9.17, 15) is 4.79 Å². The van der Waals surface area contributed by atoms with Crippen molar-refractivity contribution in [3.63, 3.8) is 0 Å². The molecule has 0 amide bonds. The van der Waals surface area contributed by atoms with E-state index in [1.165, 1.54) is 5.01 Å². The molecule has 0 aliphatic carbocycles. The van der Waals surface area contributed by atoms with Gasteiger partial charge in [0.2, 0.25) is 5.96 Å². The second kappa shape index (κ2) is 14.5. The number of guanidine groups is 1. The van der Waals surface area contributed by atoms with Crippen molar-refractivity contribution in [3.8, 4) is 0 Å². The van der Waals surface area contributed by atoms with E-state index < -0.39 is 11.9 Å². The van der Waals surface area contributed by atoms with Gasteiger partial charge < -0.3 is 15.9 Å². The van der Waals surface area contributed by atoms with Gasteiger partial charge in [-0.1, -0.05) is 0 Å². The summed E-state index contributed by atoms with van der Waals surface area (Å²) >= 11 is 0. The molecule has 0 aromatic carbocycles. The highest BCUT2D eigenvalue weighted by molar-refractivity contribution is 5.77. The first kappa shape index (κ1) is 24.2. The van der Waals surface area contributed by atoms with Crippen LogP contribution in [0.1, 0.15) is 27.7 Å². The molecule has 1 atom stereocenters. The van der Waals surface area contributed by atoms with Crippen LogP contribution in [0.4, 0.5) is 0 Å². The maximum atomic E-state index is 10.1. The van der Waals surface area contributed by atoms with Gasteiger partial charge in [-0.3, -0.25) is 24.5 Å². The highest BCUT2D eigenvalue weighted by atomic mass is 16.4. The third-order valence-corrected chi connectivity index (χ3v) is 2.09. The normalized spacial score (nSPS) is 11.5. The molecule has 0 saturated heterocycles. The second-order valence-corrected chi connectivity index (χ2v) is 4.12. The molecule has 1 unspecified atom stereocenters. The number of carbonyl (C=O) groups is 2. The fourth-order valence-electron chi connectivity index (χ4n) is 0.636. The number of hydrogen-bond acceptors (Lipinski definition) is 5. The van der Waals surface area contributed by atoms with Crippen molar-refractivity contribution in [2.24, 2.45) is 16.6 Å². The lowest BCUT2D eigenvalue weighted by Gasteiger charge is -2.13. The largest absolute Gasteiger partial charge is 0.481 e. The molecule has 0 bridgehead atoms. The summed E-state index contributed by atoms with van der Waals surface area (Å²) in [7, 11) is 3.47. The van der Waals surface area contributed by atoms with Gasteiger partial charge in [0.25, 0.3) is 5.97 Å². The first-order valence-electron chi connectivity index (χ1n) is 6.41. The first-order chi connectivity index (χ1) is 9.50. The minimum Gasteiger partial charge on any atom is -0.481 e. The molecule has 0 aliphatic rings. The lowest BCUT2D eigenvalue weighted by Crippen LogP contribution is -2.42. The predicted molar refractivity (Wildman–Crippen MR) is 82.8 cm³/mol. The number of nitrogens with two attached hydrogens (primary N) is 2. The van der Waals surface area contributed by atoms with Crippen LogP contribution in [-0.4, -0.2) is 71.2 Å². The van der Waals surface area contributed by atoms with Crippen LogP contribution in [0.25, 0.3) is 0 Å². The van der Waals surface area contributed by atoms with Crippen molar-refractivity contribution < 1.29 is 19.8 Å². The molecule has 0 aromatic heterocycles. The summed E-state index contributed by atoms with van der Waals surface area (Å²) in [6, 6.07) is -0.380. The fourth-order valence-corrected chi connectivity index (χ4v) is 0.636. The van der Waals surface area contributed by atoms with Crippen LogP contribution in [0, 0.1) is 0 Å². The molecule has 0 aliphatic heterocycles. The zero-order valence-electron chi connectivity index (χ0n) is 13.7. The fraction of sp³-hybridized carbons (Fsp3) is 0.750. The number of nitrogens with zero attached hydrogens (tertiary/aromatic N) is 3. The second-order valence-electron chi connectivity index (χ2n) is 4.12. The Bertz CT molecular complexity index is 317. The number of aliphatic imine (C=N–C) groups is 1. The molecule has 0 rings (SSSR count). The van der Waals surface area contributed by atoms with Gasteiger partial charge in [0, 0.05) is 20.0 Å². The Balaban J connectivity index is -0.000000249. The van der Waals surface area contributed by atoms with E-state index >= 15 is 0 Å². The molecule has 0 saturated carbocycles. The van der Waals surface area contributed by atoms with Gasteiger partial charge in [-0.2, -0.15) is 0 Å². The molecule has 0 fully saturated rings. The smallest absolute Gasteiger partial charge is 0.320 e. The van der Waals surface area contributed by atoms with Gasteiger partial charge in [0.05, 0.1) is 0 Å². The van der Waals surface area contributed by atoms with E-state index in [-0.39, 0.29) is 6.04 Å². The summed E-state index contributed by atoms with van der Waals surface area (Å²) in [5.74, 6) is 4.17. The molecular weight excluding hydrogens is 278 g/mol. The molecule has 0 heterocycles. The van der Waals surface area contributed by atoms with Crippen molar-refractivity contribution in [3.05, 3.63) is 0 Å². The van der Waals surface area contributed by atoms with Crippen molar-refractivity contribution >= 4 is 17.9 Å². The third kappa shape index (κ3) is 20.6. The van der Waals surface area contributed by atoms with Crippen LogP contribution in [0.3, 0.4) is 0 Å². The van der Waals surface area contributed by atoms with Gasteiger partial charge in [-0.15, -0.1) is 0 Å². The summed E-state index contributed by atoms with van der Waals surface area (Å²) in [6.45, 7) is 7.92. The number of hydrazine groups is 1. The van der Waals surface area contributed by atoms with Crippen LogP contribution >= 0.6 is 0 Å². The number of carboxylic acid groups (broad SMARTS) is 2. The van der Waals surface area contributed by atoms with Gasteiger partial charge >= 0.3 is 5.97 Å². The highest BCUT2D eigenvalue weighted by Gasteiger charge is 2.11. The van der Waals surface area contributed by atoms with E-state index in [0.717, 1.165) is 6.92 Å². The van der Waals surface area contributed by atoms with Crippen molar-refractivity contribution in [2.75, 3.05) is 27.2 Å². The number of rotatable bonds is 4. The summed E-state index contributed by atoms with van der Waals surface area (Å²) < 4.78 is 0. The number of aliphatic carboxylic acids is 2. The van der Waals surface area contributed by atoms with E-state index in [1.807, 2.05) is 13.8 Å². The Kier molecular flexibility index (Phi) is 16.7. The number of carboxylic acids is 2. The zero-order chi connectivity index (χ0) is 17.6. The number of hydrogen-bond donors (Lipinski definition) is 4. The van der Waals surface area contributed by atoms with Gasteiger partial charge in [0.15, 0.2) is 0 Å². The third-order valence-electron chi connectivity index (χ3n) is 2.09. The maximum Gasteiger partial charge on any atom is 0.320 e. The molecule has 9 heteroatoms. The molecule has 21 heavy (non-hydrogen) atoms. The standard InChI is InChI=1S/C5H14N4.C5H11NO2.C2H4O2/c1-3-8-5(6)9(7)4-2;1-4(5(7)8)6(2)3;1-2(3)4/h3-4,7H2,1-2H3,(H2,6,8);4H,1-3H3,(H,7,8);1H3,(H,3,4). The zero-order valence-corrected chi connectivity index (χ0v) is 13.7. The molecule has 0 aromatic rings. The quantitative estimate of drug-likeness (QED) is 0.238. The van der Waals surface area contributed by atoms with Crippen molar-refractivity contribution in [1.82, 2.24) is 9.91 Å². The van der Waals surface area contributed by atoms with Crippen LogP contribution in [0.15, 0.2) is 4.99 Å². The lowest BCUT2D eigenvalue weighted by atomic mass is 10.3. The Morgan fingerprint density at radius 3 is 1.76 bits per heavy atom. The Labute approximate surface area is 126 Å². The average molecular weight is 307 g/mol. The maximum absolute atomic E-state index is 10.1. The van der Waals surface area contributed by atoms with E-state index in [2.05, 4.69) is 4.99 Å². The van der Waals surface area contributed by atoms with Crippen molar-refractivity contribution in [1.29, 1.82) is 0 Å². The summed E-state index contributed by atoms with van der Waals surface area (Å²) in [6.07, 6.45) is 0.